The predicted octanol–water partition coefficient (Wildman–Crippen LogP) is 3.21. The summed E-state index contributed by atoms with van der Waals surface area (Å²) in [6, 6.07) is 0.344. The van der Waals surface area contributed by atoms with Gasteiger partial charge in [-0.05, 0) is 31.0 Å². The first-order chi connectivity index (χ1) is 8.33. The van der Waals surface area contributed by atoms with Gasteiger partial charge in [-0.25, -0.2) is 15.0 Å². The molecule has 2 aromatic rings. The van der Waals surface area contributed by atoms with E-state index in [1.165, 1.54) is 6.42 Å². The maximum Gasteiger partial charge on any atom is 0.222 e. The van der Waals surface area contributed by atoms with Crippen molar-refractivity contribution in [1.82, 2.24) is 25.3 Å². The van der Waals surface area contributed by atoms with Gasteiger partial charge in [0.25, 0.3) is 0 Å². The molecule has 9 heteroatoms. The lowest BCUT2D eigenvalue weighted by molar-refractivity contribution is 0.613. The molecule has 0 aliphatic carbocycles. The van der Waals surface area contributed by atoms with Gasteiger partial charge in [0.2, 0.25) is 5.28 Å². The number of imidazole rings is 1. The van der Waals surface area contributed by atoms with E-state index in [9.17, 15) is 0 Å². The van der Waals surface area contributed by atoms with Gasteiger partial charge in [-0.2, -0.15) is 0 Å². The van der Waals surface area contributed by atoms with E-state index < -0.39 is 0 Å². The quantitative estimate of drug-likeness (QED) is 0.809. The summed E-state index contributed by atoms with van der Waals surface area (Å²) in [5, 5.41) is 3.66. The van der Waals surface area contributed by atoms with E-state index in [-0.39, 0.29) is 42.5 Å². The molecule has 0 bridgehead atoms. The second-order valence-electron chi connectivity index (χ2n) is 4.07. The van der Waals surface area contributed by atoms with Crippen molar-refractivity contribution in [2.24, 2.45) is 0 Å². The normalized spacial score (nSPS) is 16.8. The summed E-state index contributed by atoms with van der Waals surface area (Å²) in [6.45, 7) is 1.06. The minimum atomic E-state index is 0. The standard InChI is InChI=1S/C11H12ClN5.3ClH/c12-11-15-4-7(5-16-11)9-6-14-10(17-9)8-2-1-3-13-8;;;/h4-6,8,13H,1-3H2,(H,14,17);3*1H/t8-;;;/m0.../s1. The van der Waals surface area contributed by atoms with Crippen LogP contribution in [0.5, 0.6) is 0 Å². The molecule has 0 spiro atoms. The molecule has 1 aliphatic heterocycles. The fourth-order valence-corrected chi connectivity index (χ4v) is 2.13. The van der Waals surface area contributed by atoms with Crippen LogP contribution in [0.2, 0.25) is 5.28 Å². The van der Waals surface area contributed by atoms with Crippen molar-refractivity contribution < 1.29 is 0 Å². The SMILES string of the molecule is Cl.Cl.Cl.Clc1ncc(-c2cnc([C@@H]3CCCN3)[nH]2)cn1. The summed E-state index contributed by atoms with van der Waals surface area (Å²) in [7, 11) is 0. The summed E-state index contributed by atoms with van der Waals surface area (Å²) in [5.41, 5.74) is 1.82. The molecule has 1 saturated heterocycles. The highest BCUT2D eigenvalue weighted by molar-refractivity contribution is 6.28. The molecule has 0 radical (unpaired) electrons. The van der Waals surface area contributed by atoms with Gasteiger partial charge in [-0.1, -0.05) is 0 Å². The largest absolute Gasteiger partial charge is 0.341 e. The van der Waals surface area contributed by atoms with Crippen LogP contribution in [0.15, 0.2) is 18.6 Å². The van der Waals surface area contributed by atoms with Crippen molar-refractivity contribution in [2.45, 2.75) is 18.9 Å². The molecule has 1 aliphatic rings. The Morgan fingerprint density at radius 1 is 1.05 bits per heavy atom. The van der Waals surface area contributed by atoms with Crippen LogP contribution in [-0.2, 0) is 0 Å². The van der Waals surface area contributed by atoms with E-state index in [1.54, 1.807) is 12.4 Å². The van der Waals surface area contributed by atoms with Gasteiger partial charge in [-0.15, -0.1) is 37.2 Å². The molecule has 20 heavy (non-hydrogen) atoms. The third kappa shape index (κ3) is 4.20. The first-order valence-electron chi connectivity index (χ1n) is 5.59. The monoisotopic (exact) mass is 357 g/mol. The number of nitrogens with zero attached hydrogens (tertiary/aromatic N) is 3. The minimum Gasteiger partial charge on any atom is -0.341 e. The van der Waals surface area contributed by atoms with Gasteiger partial charge >= 0.3 is 0 Å². The lowest BCUT2D eigenvalue weighted by Gasteiger charge is -2.05. The van der Waals surface area contributed by atoms with E-state index in [4.69, 9.17) is 11.6 Å². The summed E-state index contributed by atoms with van der Waals surface area (Å²) in [6.07, 6.45) is 7.51. The van der Waals surface area contributed by atoms with Gasteiger partial charge in [0.15, 0.2) is 0 Å². The molecule has 2 N–H and O–H groups in total. The molecule has 1 fully saturated rings. The van der Waals surface area contributed by atoms with Gasteiger partial charge in [0.05, 0.1) is 17.9 Å². The highest BCUT2D eigenvalue weighted by atomic mass is 35.5. The van der Waals surface area contributed by atoms with Crippen LogP contribution in [0.1, 0.15) is 24.7 Å². The van der Waals surface area contributed by atoms with Crippen LogP contribution in [0.3, 0.4) is 0 Å². The Bertz CT molecular complexity index is 510. The lowest BCUT2D eigenvalue weighted by atomic mass is 10.2. The molecule has 1 atom stereocenters. The Balaban J connectivity index is 0.00000120. The summed E-state index contributed by atoms with van der Waals surface area (Å²) in [5.74, 6) is 0.979. The number of nitrogens with one attached hydrogen (secondary N) is 2. The number of hydrogen-bond donors (Lipinski definition) is 2. The molecule has 3 rings (SSSR count). The molecular weight excluding hydrogens is 344 g/mol. The van der Waals surface area contributed by atoms with E-state index in [1.807, 2.05) is 6.20 Å². The van der Waals surface area contributed by atoms with Crippen molar-refractivity contribution in [1.29, 1.82) is 0 Å². The Hall–Kier alpha value is -0.590. The highest BCUT2D eigenvalue weighted by Crippen LogP contribution is 2.23. The van der Waals surface area contributed by atoms with Gasteiger partial charge < -0.3 is 10.3 Å². The van der Waals surface area contributed by atoms with Crippen molar-refractivity contribution >= 4 is 48.8 Å². The summed E-state index contributed by atoms with van der Waals surface area (Å²) < 4.78 is 0. The van der Waals surface area contributed by atoms with Crippen LogP contribution in [0.25, 0.3) is 11.3 Å². The Kier molecular flexibility index (Phi) is 8.39. The zero-order valence-corrected chi connectivity index (χ0v) is 13.6. The minimum absolute atomic E-state index is 0. The number of H-pyrrole nitrogens is 1. The highest BCUT2D eigenvalue weighted by Gasteiger charge is 2.19. The second kappa shape index (κ2) is 8.64. The second-order valence-corrected chi connectivity index (χ2v) is 4.41. The first-order valence-corrected chi connectivity index (χ1v) is 5.97. The molecule has 112 valence electrons. The van der Waals surface area contributed by atoms with Crippen molar-refractivity contribution in [3.05, 3.63) is 29.7 Å². The van der Waals surface area contributed by atoms with Gasteiger partial charge in [-0.3, -0.25) is 0 Å². The smallest absolute Gasteiger partial charge is 0.222 e. The van der Waals surface area contributed by atoms with Crippen LogP contribution in [-0.4, -0.2) is 26.5 Å². The van der Waals surface area contributed by atoms with E-state index in [2.05, 4.69) is 25.3 Å². The zero-order chi connectivity index (χ0) is 11.7. The van der Waals surface area contributed by atoms with Crippen molar-refractivity contribution in [3.8, 4) is 11.3 Å². The van der Waals surface area contributed by atoms with Gasteiger partial charge in [0.1, 0.15) is 5.82 Å². The zero-order valence-electron chi connectivity index (χ0n) is 10.4. The van der Waals surface area contributed by atoms with Gasteiger partial charge in [0, 0.05) is 18.0 Å². The first kappa shape index (κ1) is 19.4. The van der Waals surface area contributed by atoms with E-state index in [0.717, 1.165) is 30.0 Å². The number of aromatic amines is 1. The van der Waals surface area contributed by atoms with Crippen LogP contribution < -0.4 is 5.32 Å². The number of hydrogen-bond acceptors (Lipinski definition) is 4. The van der Waals surface area contributed by atoms with Crippen LogP contribution in [0.4, 0.5) is 0 Å². The average Bonchev–Trinajstić information content (AvgIpc) is 3.00. The molecule has 0 aromatic carbocycles. The fourth-order valence-electron chi connectivity index (χ4n) is 2.03. The van der Waals surface area contributed by atoms with Crippen molar-refractivity contribution in [2.75, 3.05) is 6.54 Å². The Morgan fingerprint density at radius 3 is 2.35 bits per heavy atom. The average molecular weight is 359 g/mol. The topological polar surface area (TPSA) is 66.5 Å². The van der Waals surface area contributed by atoms with Crippen LogP contribution in [0, 0.1) is 0 Å². The maximum atomic E-state index is 5.65. The lowest BCUT2D eigenvalue weighted by Crippen LogP contribution is -2.14. The maximum absolute atomic E-state index is 5.65. The molecule has 2 aromatic heterocycles. The predicted molar refractivity (Wildman–Crippen MR) is 86.3 cm³/mol. The molecular formula is C11H15Cl4N5. The molecule has 0 amide bonds. The van der Waals surface area contributed by atoms with E-state index in [0.29, 0.717) is 6.04 Å². The third-order valence-electron chi connectivity index (χ3n) is 2.92. The van der Waals surface area contributed by atoms with Crippen molar-refractivity contribution in [3.63, 3.8) is 0 Å². The fraction of sp³-hybridized carbons (Fsp3) is 0.364. The third-order valence-corrected chi connectivity index (χ3v) is 3.11. The molecule has 0 unspecified atom stereocenters. The number of aromatic nitrogens is 4. The molecule has 5 nitrogen and oxygen atoms in total. The summed E-state index contributed by atoms with van der Waals surface area (Å²) in [4.78, 5) is 15.6. The Labute approximate surface area is 140 Å². The van der Waals surface area contributed by atoms with E-state index >= 15 is 0 Å². The molecule has 3 heterocycles. The molecule has 0 saturated carbocycles. The summed E-state index contributed by atoms with van der Waals surface area (Å²) >= 11 is 5.65. The van der Waals surface area contributed by atoms with Crippen LogP contribution >= 0.6 is 48.8 Å². The number of rotatable bonds is 2. The number of halogens is 4. The Morgan fingerprint density at radius 2 is 1.75 bits per heavy atom.